The lowest BCUT2D eigenvalue weighted by atomic mass is 9.90. The lowest BCUT2D eigenvalue weighted by molar-refractivity contribution is 0.102. The average Bonchev–Trinajstić information content (AvgIpc) is 3.33. The number of aromatic amines is 1. The Morgan fingerprint density at radius 3 is 2.54 bits per heavy atom. The smallest absolute Gasteiger partial charge is 0.322 e. The maximum Gasteiger partial charge on any atom is 0.323 e. The van der Waals surface area contributed by atoms with Crippen LogP contribution < -0.4 is 21.5 Å². The zero-order valence-corrected chi connectivity index (χ0v) is 19.9. The number of carbonyl (C=O) groups is 2. The van der Waals surface area contributed by atoms with Crippen molar-refractivity contribution in [3.8, 4) is 0 Å². The van der Waals surface area contributed by atoms with Gasteiger partial charge in [0.25, 0.3) is 11.5 Å². The number of aryl methyl sites for hydroxylation is 1. The van der Waals surface area contributed by atoms with Crippen LogP contribution >= 0.6 is 0 Å². The summed E-state index contributed by atoms with van der Waals surface area (Å²) in [4.78, 5) is 41.0. The first-order valence-corrected chi connectivity index (χ1v) is 12.2. The van der Waals surface area contributed by atoms with Gasteiger partial charge >= 0.3 is 6.03 Å². The highest BCUT2D eigenvalue weighted by Gasteiger charge is 2.17. The van der Waals surface area contributed by atoms with Crippen LogP contribution in [0.4, 0.5) is 21.9 Å². The number of rotatable bonds is 4. The van der Waals surface area contributed by atoms with Gasteiger partial charge in [-0.25, -0.2) is 9.31 Å². The normalized spacial score (nSPS) is 12.8. The van der Waals surface area contributed by atoms with E-state index in [0.717, 1.165) is 24.9 Å². The third-order valence-electron chi connectivity index (χ3n) is 6.65. The molecule has 4 N–H and O–H groups in total. The van der Waals surface area contributed by atoms with Crippen LogP contribution in [-0.2, 0) is 12.8 Å². The summed E-state index contributed by atoms with van der Waals surface area (Å²) in [6.45, 7) is 0. The molecule has 9 nitrogen and oxygen atoms in total. The summed E-state index contributed by atoms with van der Waals surface area (Å²) in [7, 11) is 0. The van der Waals surface area contributed by atoms with E-state index in [1.165, 1.54) is 28.3 Å². The molecule has 0 spiro atoms. The minimum atomic E-state index is -0.432. The first-order valence-electron chi connectivity index (χ1n) is 12.2. The number of H-pyrrole nitrogens is 1. The molecule has 184 valence electrons. The molecule has 5 aromatic rings. The van der Waals surface area contributed by atoms with Gasteiger partial charge in [-0.05, 0) is 73.2 Å². The van der Waals surface area contributed by atoms with Gasteiger partial charge in [-0.1, -0.05) is 30.3 Å². The fourth-order valence-electron chi connectivity index (χ4n) is 4.90. The van der Waals surface area contributed by atoms with Gasteiger partial charge in [0.05, 0.1) is 17.1 Å². The molecule has 6 rings (SSSR count). The van der Waals surface area contributed by atoms with Crippen LogP contribution in [0.5, 0.6) is 0 Å². The van der Waals surface area contributed by atoms with Gasteiger partial charge in [-0.2, -0.15) is 5.10 Å². The van der Waals surface area contributed by atoms with Crippen LogP contribution in [-0.4, -0.2) is 26.5 Å². The Balaban J connectivity index is 1.19. The van der Waals surface area contributed by atoms with E-state index in [4.69, 9.17) is 0 Å². The summed E-state index contributed by atoms with van der Waals surface area (Å²) < 4.78 is 1.54. The predicted molar refractivity (Wildman–Crippen MR) is 143 cm³/mol. The van der Waals surface area contributed by atoms with Crippen molar-refractivity contribution in [2.75, 3.05) is 16.0 Å². The van der Waals surface area contributed by atoms with Crippen molar-refractivity contribution < 1.29 is 9.59 Å². The second-order valence-corrected chi connectivity index (χ2v) is 9.05. The molecule has 1 aliphatic rings. The molecule has 0 atom stereocenters. The van der Waals surface area contributed by atoms with Crippen LogP contribution in [0.1, 0.15) is 34.3 Å². The molecule has 0 aliphatic heterocycles. The molecule has 0 radical (unpaired) electrons. The number of hydrogen-bond donors (Lipinski definition) is 4. The minimum absolute atomic E-state index is 0.229. The highest BCUT2D eigenvalue weighted by molar-refractivity contribution is 6.09. The van der Waals surface area contributed by atoms with E-state index in [2.05, 4.69) is 32.1 Å². The summed E-state index contributed by atoms with van der Waals surface area (Å²) in [6, 6.07) is 19.6. The quantitative estimate of drug-likeness (QED) is 0.284. The van der Waals surface area contributed by atoms with Gasteiger partial charge < -0.3 is 20.9 Å². The zero-order valence-electron chi connectivity index (χ0n) is 19.9. The summed E-state index contributed by atoms with van der Waals surface area (Å²) in [6.07, 6.45) is 5.70. The lowest BCUT2D eigenvalue weighted by Crippen LogP contribution is -2.21. The Kier molecular flexibility index (Phi) is 5.65. The molecule has 0 unspecified atom stereocenters. The van der Waals surface area contributed by atoms with Crippen molar-refractivity contribution in [2.45, 2.75) is 25.7 Å². The highest BCUT2D eigenvalue weighted by atomic mass is 16.2. The highest BCUT2D eigenvalue weighted by Crippen LogP contribution is 2.28. The molecule has 0 saturated heterocycles. The number of fused-ring (bicyclic) bond motifs is 4. The first kappa shape index (κ1) is 22.5. The van der Waals surface area contributed by atoms with Crippen molar-refractivity contribution in [3.63, 3.8) is 0 Å². The minimum Gasteiger partial charge on any atom is -0.322 e. The van der Waals surface area contributed by atoms with E-state index in [1.54, 1.807) is 42.5 Å². The molecule has 9 heteroatoms. The second kappa shape index (κ2) is 9.27. The number of aromatic nitrogens is 3. The van der Waals surface area contributed by atoms with E-state index >= 15 is 0 Å². The number of amides is 3. The van der Waals surface area contributed by atoms with Crippen LogP contribution in [0.25, 0.3) is 16.6 Å². The van der Waals surface area contributed by atoms with Crippen LogP contribution in [0, 0.1) is 0 Å². The Hall–Kier alpha value is -4.92. The van der Waals surface area contributed by atoms with Crippen LogP contribution in [0.2, 0.25) is 0 Å². The Morgan fingerprint density at radius 1 is 0.865 bits per heavy atom. The van der Waals surface area contributed by atoms with Gasteiger partial charge in [0, 0.05) is 17.1 Å². The van der Waals surface area contributed by atoms with Crippen molar-refractivity contribution in [2.24, 2.45) is 0 Å². The topological polar surface area (TPSA) is 120 Å². The fraction of sp³-hybridized carbons (Fsp3) is 0.143. The van der Waals surface area contributed by atoms with Crippen molar-refractivity contribution in [1.29, 1.82) is 0 Å². The molecular weight excluding hydrogens is 468 g/mol. The van der Waals surface area contributed by atoms with Gasteiger partial charge in [-0.15, -0.1) is 0 Å². The second-order valence-electron chi connectivity index (χ2n) is 9.05. The summed E-state index contributed by atoms with van der Waals surface area (Å²) in [5.74, 6) is -0.432. The van der Waals surface area contributed by atoms with E-state index < -0.39 is 5.91 Å². The van der Waals surface area contributed by atoms with Crippen LogP contribution in [0.15, 0.2) is 77.7 Å². The Morgan fingerprint density at radius 2 is 1.65 bits per heavy atom. The number of carbonyl (C=O) groups excluding carboxylic acids is 2. The predicted octanol–water partition coefficient (Wildman–Crippen LogP) is 4.95. The number of nitrogens with one attached hydrogen (secondary N) is 4. The first-order chi connectivity index (χ1) is 18.1. The molecule has 2 aromatic heterocycles. The van der Waals surface area contributed by atoms with Gasteiger partial charge in [0.15, 0.2) is 0 Å². The van der Waals surface area contributed by atoms with E-state index in [0.29, 0.717) is 27.9 Å². The third kappa shape index (κ3) is 4.31. The number of nitrogens with zero attached hydrogens (tertiary/aromatic N) is 2. The van der Waals surface area contributed by atoms with E-state index in [1.807, 2.05) is 18.2 Å². The van der Waals surface area contributed by atoms with E-state index in [-0.39, 0.29) is 17.2 Å². The average molecular weight is 493 g/mol. The summed E-state index contributed by atoms with van der Waals surface area (Å²) in [5, 5.41) is 13.4. The number of urea groups is 1. The van der Waals surface area contributed by atoms with Crippen molar-refractivity contribution >= 4 is 45.6 Å². The molecule has 0 fully saturated rings. The number of benzene rings is 3. The number of para-hydroxylation sites is 1. The number of hydrogen-bond acceptors (Lipinski definition) is 4. The zero-order chi connectivity index (χ0) is 25.4. The molecule has 37 heavy (non-hydrogen) atoms. The molecule has 1 aliphatic carbocycles. The summed E-state index contributed by atoms with van der Waals surface area (Å²) in [5.41, 5.74) is 5.18. The summed E-state index contributed by atoms with van der Waals surface area (Å²) >= 11 is 0. The van der Waals surface area contributed by atoms with Gasteiger partial charge in [0.1, 0.15) is 11.2 Å². The largest absolute Gasteiger partial charge is 0.323 e. The standard InChI is InChI=1S/C28H24N6O3/c35-26-21-12-3-4-14-24(21)34-25(33-26)22(16-29-34)27(36)30-18-9-6-10-19(15-18)31-28(37)32-23-13-5-8-17-7-1-2-11-20(17)23/h3-6,8-10,12-16H,1-2,7,11H2,(H,30,36)(H,33,35)(H2,31,32,37). The SMILES string of the molecule is O=C(Nc1cccc(NC(=O)c2cnn3c2[nH]c(=O)c2ccccc23)c1)Nc1cccc2c1CCCC2. The third-order valence-corrected chi connectivity index (χ3v) is 6.65. The molecular formula is C28H24N6O3. The maximum absolute atomic E-state index is 13.1. The Bertz CT molecular complexity index is 1740. The van der Waals surface area contributed by atoms with Gasteiger partial charge in [-0.3, -0.25) is 9.59 Å². The fourth-order valence-corrected chi connectivity index (χ4v) is 4.90. The lowest BCUT2D eigenvalue weighted by Gasteiger charge is -2.19. The molecule has 0 bridgehead atoms. The molecule has 3 aromatic carbocycles. The molecule has 3 amide bonds. The number of anilines is 3. The van der Waals surface area contributed by atoms with Crippen LogP contribution in [0.3, 0.4) is 0 Å². The van der Waals surface area contributed by atoms with Crippen molar-refractivity contribution in [3.05, 3.63) is 100.0 Å². The molecule has 2 heterocycles. The monoisotopic (exact) mass is 492 g/mol. The maximum atomic E-state index is 13.1. The van der Waals surface area contributed by atoms with E-state index in [9.17, 15) is 14.4 Å². The van der Waals surface area contributed by atoms with Crippen molar-refractivity contribution in [1.82, 2.24) is 14.6 Å². The Labute approximate surface area is 211 Å². The van der Waals surface area contributed by atoms with Gasteiger partial charge in [0.2, 0.25) is 0 Å². The molecule has 0 saturated carbocycles.